The lowest BCUT2D eigenvalue weighted by Gasteiger charge is -2.40. The molecule has 1 aliphatic carbocycles. The summed E-state index contributed by atoms with van der Waals surface area (Å²) in [6, 6.07) is 59.5. The summed E-state index contributed by atoms with van der Waals surface area (Å²) in [7, 11) is 0. The van der Waals surface area contributed by atoms with Gasteiger partial charge in [0.1, 0.15) is 11.5 Å². The predicted molar refractivity (Wildman–Crippen MR) is 212 cm³/mol. The molecule has 0 saturated carbocycles. The molecule has 0 bridgehead atoms. The van der Waals surface area contributed by atoms with Crippen LogP contribution in [0.5, 0.6) is 11.5 Å². The van der Waals surface area contributed by atoms with Gasteiger partial charge in [0, 0.05) is 38.9 Å². The zero-order chi connectivity index (χ0) is 36.3. The molecule has 3 heterocycles. The molecule has 7 nitrogen and oxygen atoms in total. The van der Waals surface area contributed by atoms with Crippen molar-refractivity contribution < 1.29 is 9.15 Å². The molecule has 7 aromatic carbocycles. The van der Waals surface area contributed by atoms with Crippen LogP contribution in [0.25, 0.3) is 68.2 Å². The SMILES string of the molecule is c1ccc(-c2nc(-c3ccccc3)nc(-c3cccc4c3C3(c5ccccc5Oc5ccccc53)c3cc(-c5nnc(-c6ccccc6)o5)ccc3-4)n2)cc1. The van der Waals surface area contributed by atoms with Crippen LogP contribution in [0, 0.1) is 0 Å². The maximum Gasteiger partial charge on any atom is 0.248 e. The quantitative estimate of drug-likeness (QED) is 0.176. The van der Waals surface area contributed by atoms with E-state index in [1.165, 1.54) is 0 Å². The minimum atomic E-state index is -0.822. The Morgan fingerprint density at radius 1 is 0.364 bits per heavy atom. The van der Waals surface area contributed by atoms with Gasteiger partial charge in [-0.1, -0.05) is 140 Å². The van der Waals surface area contributed by atoms with Crippen LogP contribution < -0.4 is 4.74 Å². The van der Waals surface area contributed by atoms with Crippen LogP contribution in [-0.2, 0) is 5.41 Å². The lowest BCUT2D eigenvalue weighted by Crippen LogP contribution is -2.32. The maximum atomic E-state index is 6.68. The van der Waals surface area contributed by atoms with Crippen molar-refractivity contribution in [1.29, 1.82) is 0 Å². The highest BCUT2D eigenvalue weighted by atomic mass is 16.5. The number of rotatable bonds is 5. The Balaban J connectivity index is 1.21. The van der Waals surface area contributed by atoms with E-state index in [1.807, 2.05) is 115 Å². The number of nitrogens with zero attached hydrogens (tertiary/aromatic N) is 5. The second-order valence-electron chi connectivity index (χ2n) is 13.6. The van der Waals surface area contributed by atoms with Crippen LogP contribution in [0.1, 0.15) is 22.3 Å². The summed E-state index contributed by atoms with van der Waals surface area (Å²) >= 11 is 0. The lowest BCUT2D eigenvalue weighted by molar-refractivity contribution is 0.436. The first-order chi connectivity index (χ1) is 27.3. The van der Waals surface area contributed by atoms with E-state index in [1.54, 1.807) is 0 Å². The van der Waals surface area contributed by atoms with Gasteiger partial charge in [-0.05, 0) is 58.7 Å². The van der Waals surface area contributed by atoms with E-state index in [-0.39, 0.29) is 0 Å². The summed E-state index contributed by atoms with van der Waals surface area (Å²) in [4.78, 5) is 15.5. The van der Waals surface area contributed by atoms with Crippen LogP contribution in [0.2, 0.25) is 0 Å². The van der Waals surface area contributed by atoms with E-state index in [9.17, 15) is 0 Å². The third-order valence-corrected chi connectivity index (χ3v) is 10.6. The average Bonchev–Trinajstić information content (AvgIpc) is 3.87. The van der Waals surface area contributed by atoms with Crippen molar-refractivity contribution in [2.75, 3.05) is 0 Å². The molecule has 0 atom stereocenters. The lowest BCUT2D eigenvalue weighted by atomic mass is 9.65. The second-order valence-corrected chi connectivity index (χ2v) is 13.6. The normalized spacial score (nSPS) is 13.0. The summed E-state index contributed by atoms with van der Waals surface area (Å²) in [6.45, 7) is 0. The molecule has 258 valence electrons. The Bertz CT molecular complexity index is 2810. The van der Waals surface area contributed by atoms with Crippen molar-refractivity contribution >= 4 is 0 Å². The predicted octanol–water partition coefficient (Wildman–Crippen LogP) is 11.1. The van der Waals surface area contributed by atoms with E-state index in [0.29, 0.717) is 29.3 Å². The molecule has 2 aromatic heterocycles. The zero-order valence-corrected chi connectivity index (χ0v) is 29.3. The van der Waals surface area contributed by atoms with Crippen LogP contribution in [-0.4, -0.2) is 25.1 Å². The van der Waals surface area contributed by atoms with Crippen molar-refractivity contribution in [3.63, 3.8) is 0 Å². The highest BCUT2D eigenvalue weighted by Crippen LogP contribution is 2.64. The number of aromatic nitrogens is 5. The molecule has 11 rings (SSSR count). The van der Waals surface area contributed by atoms with Crippen molar-refractivity contribution in [3.05, 3.63) is 198 Å². The Morgan fingerprint density at radius 3 is 1.49 bits per heavy atom. The molecule has 0 amide bonds. The third-order valence-electron chi connectivity index (χ3n) is 10.6. The highest BCUT2D eigenvalue weighted by Gasteiger charge is 2.52. The summed E-state index contributed by atoms with van der Waals surface area (Å²) in [5.41, 5.74) is 9.97. The monoisotopic (exact) mass is 707 g/mol. The van der Waals surface area contributed by atoms with Gasteiger partial charge in [0.05, 0.1) is 5.41 Å². The van der Waals surface area contributed by atoms with Gasteiger partial charge in [-0.25, -0.2) is 15.0 Å². The van der Waals surface area contributed by atoms with Gasteiger partial charge in [0.2, 0.25) is 11.8 Å². The fraction of sp³-hybridized carbons (Fsp3) is 0.0208. The minimum absolute atomic E-state index is 0.444. The Morgan fingerprint density at radius 2 is 0.873 bits per heavy atom. The van der Waals surface area contributed by atoms with Gasteiger partial charge in [-0.2, -0.15) is 0 Å². The van der Waals surface area contributed by atoms with Gasteiger partial charge in [0.25, 0.3) is 0 Å². The van der Waals surface area contributed by atoms with E-state index >= 15 is 0 Å². The molecule has 0 radical (unpaired) electrons. The van der Waals surface area contributed by atoms with Crippen LogP contribution in [0.3, 0.4) is 0 Å². The molecule has 0 unspecified atom stereocenters. The Kier molecular flexibility index (Phi) is 6.94. The molecule has 0 fully saturated rings. The van der Waals surface area contributed by atoms with E-state index < -0.39 is 5.41 Å². The van der Waals surface area contributed by atoms with Gasteiger partial charge in [-0.15, -0.1) is 10.2 Å². The topological polar surface area (TPSA) is 86.8 Å². The standard InChI is InChI=1S/C48H29N5O2/c1-4-15-30(16-5-1)43-49-44(31-17-6-2-7-18-31)51-45(50-43)36-22-14-21-35-34-28-27-33(47-53-52-46(55-47)32-19-8-3-9-20-32)29-39(34)48(42(35)36)37-23-10-12-25-40(37)54-41-26-13-11-24-38(41)48/h1-29H. The van der Waals surface area contributed by atoms with Gasteiger partial charge >= 0.3 is 0 Å². The number of para-hydroxylation sites is 2. The molecule has 1 aliphatic heterocycles. The number of fused-ring (bicyclic) bond motifs is 9. The molecule has 2 aliphatic rings. The summed E-state index contributed by atoms with van der Waals surface area (Å²) < 4.78 is 13.0. The fourth-order valence-corrected chi connectivity index (χ4v) is 8.24. The molecule has 7 heteroatoms. The van der Waals surface area contributed by atoms with Crippen molar-refractivity contribution in [3.8, 4) is 79.7 Å². The number of hydrogen-bond acceptors (Lipinski definition) is 7. The highest BCUT2D eigenvalue weighted by molar-refractivity contribution is 5.94. The average molecular weight is 708 g/mol. The van der Waals surface area contributed by atoms with Crippen LogP contribution >= 0.6 is 0 Å². The largest absolute Gasteiger partial charge is 0.457 e. The van der Waals surface area contributed by atoms with Gasteiger partial charge in [-0.3, -0.25) is 0 Å². The summed E-state index contributed by atoms with van der Waals surface area (Å²) in [5.74, 6) is 4.28. The molecular weight excluding hydrogens is 679 g/mol. The first-order valence-corrected chi connectivity index (χ1v) is 18.2. The molecule has 1 spiro atoms. The van der Waals surface area contributed by atoms with E-state index in [0.717, 1.165) is 72.7 Å². The van der Waals surface area contributed by atoms with Crippen LogP contribution in [0.4, 0.5) is 0 Å². The van der Waals surface area contributed by atoms with Crippen LogP contribution in [0.15, 0.2) is 180 Å². The molecule has 0 N–H and O–H groups in total. The Hall–Kier alpha value is -7.51. The first kappa shape index (κ1) is 31.1. The van der Waals surface area contributed by atoms with Gasteiger partial charge < -0.3 is 9.15 Å². The van der Waals surface area contributed by atoms with E-state index in [4.69, 9.17) is 24.1 Å². The fourth-order valence-electron chi connectivity index (χ4n) is 8.24. The van der Waals surface area contributed by atoms with Crippen molar-refractivity contribution in [2.24, 2.45) is 0 Å². The third kappa shape index (κ3) is 4.80. The molecule has 9 aromatic rings. The first-order valence-electron chi connectivity index (χ1n) is 18.2. The van der Waals surface area contributed by atoms with E-state index in [2.05, 4.69) is 70.9 Å². The maximum absolute atomic E-state index is 6.68. The smallest absolute Gasteiger partial charge is 0.248 e. The minimum Gasteiger partial charge on any atom is -0.457 e. The number of benzene rings is 7. The summed E-state index contributed by atoms with van der Waals surface area (Å²) in [5, 5.41) is 8.97. The summed E-state index contributed by atoms with van der Waals surface area (Å²) in [6.07, 6.45) is 0. The molecular formula is C48H29N5O2. The zero-order valence-electron chi connectivity index (χ0n) is 29.3. The number of ether oxygens (including phenoxy) is 1. The molecule has 55 heavy (non-hydrogen) atoms. The Labute approximate surface area is 316 Å². The molecule has 0 saturated heterocycles. The number of hydrogen-bond donors (Lipinski definition) is 0. The second kappa shape index (κ2) is 12.3. The van der Waals surface area contributed by atoms with Crippen molar-refractivity contribution in [2.45, 2.75) is 5.41 Å². The van der Waals surface area contributed by atoms with Gasteiger partial charge in [0.15, 0.2) is 17.5 Å². The van der Waals surface area contributed by atoms with Crippen molar-refractivity contribution in [1.82, 2.24) is 25.1 Å².